The number of H-pyrrole nitrogens is 1. The van der Waals surface area contributed by atoms with E-state index in [2.05, 4.69) is 0 Å². The normalized spacial score (nSPS) is 9.33. The average Bonchev–Trinajstić information content (AvgIpc) is 2.01. The molecule has 1 aromatic heterocycles. The van der Waals surface area contributed by atoms with Crippen molar-refractivity contribution in [3.05, 3.63) is 32.9 Å². The van der Waals surface area contributed by atoms with Crippen LogP contribution < -0.4 is 11.2 Å². The molecule has 1 aromatic rings. The van der Waals surface area contributed by atoms with Crippen molar-refractivity contribution in [2.24, 2.45) is 0 Å². The van der Waals surface area contributed by atoms with Crippen molar-refractivity contribution in [1.82, 2.24) is 9.55 Å². The molecule has 62 valence electrons. The van der Waals surface area contributed by atoms with Crippen molar-refractivity contribution < 1.29 is 4.39 Å². The van der Waals surface area contributed by atoms with E-state index < -0.39 is 17.1 Å². The number of halogens is 1. The number of rotatable bonds is 1. The number of aromatic amines is 1. The minimum absolute atomic E-state index is 0.285. The molecule has 1 N–H and O–H groups in total. The minimum atomic E-state index is -1.08. The highest BCUT2D eigenvalue weighted by atomic mass is 19.1. The first-order chi connectivity index (χ1) is 5.65. The smallest absolute Gasteiger partial charge is 0.284 e. The van der Waals surface area contributed by atoms with E-state index in [-0.39, 0.29) is 6.54 Å². The third-order valence-electron chi connectivity index (χ3n) is 1.21. The molecule has 0 aliphatic carbocycles. The van der Waals surface area contributed by atoms with E-state index in [9.17, 15) is 14.0 Å². The molecule has 0 radical (unpaired) electrons. The number of nitrogens with one attached hydrogen (secondary N) is 1. The highest BCUT2D eigenvalue weighted by Crippen LogP contribution is 1.82. The lowest BCUT2D eigenvalue weighted by Crippen LogP contribution is -2.31. The van der Waals surface area contributed by atoms with E-state index >= 15 is 0 Å². The van der Waals surface area contributed by atoms with Crippen LogP contribution >= 0.6 is 0 Å². The van der Waals surface area contributed by atoms with Crippen LogP contribution in [0.2, 0.25) is 0 Å². The van der Waals surface area contributed by atoms with Crippen molar-refractivity contribution in [1.29, 1.82) is 5.26 Å². The molecule has 12 heavy (non-hydrogen) atoms. The second-order valence-electron chi connectivity index (χ2n) is 2.02. The second-order valence-corrected chi connectivity index (χ2v) is 2.02. The molecule has 0 unspecified atom stereocenters. The summed E-state index contributed by atoms with van der Waals surface area (Å²) in [6.07, 6.45) is 0.699. The van der Waals surface area contributed by atoms with Gasteiger partial charge in [-0.2, -0.15) is 9.65 Å². The molecule has 1 rings (SSSR count). The molecular formula is C6H4FN3O2. The van der Waals surface area contributed by atoms with Crippen LogP contribution in [0.3, 0.4) is 0 Å². The number of aromatic nitrogens is 2. The summed E-state index contributed by atoms with van der Waals surface area (Å²) in [4.78, 5) is 23.0. The molecule has 0 aliphatic heterocycles. The van der Waals surface area contributed by atoms with E-state index in [0.717, 1.165) is 4.57 Å². The first-order valence-electron chi connectivity index (χ1n) is 3.01. The summed E-state index contributed by atoms with van der Waals surface area (Å²) in [5.41, 5.74) is -1.86. The SMILES string of the molecule is N#CCn1cc(F)c(=O)[nH]c1=O. The highest BCUT2D eigenvalue weighted by molar-refractivity contribution is 4.89. The monoisotopic (exact) mass is 169 g/mol. The zero-order valence-corrected chi connectivity index (χ0v) is 5.87. The Labute approximate surface area is 65.7 Å². The molecule has 0 saturated carbocycles. The fourth-order valence-electron chi connectivity index (χ4n) is 0.676. The Morgan fingerprint density at radius 2 is 2.33 bits per heavy atom. The maximum Gasteiger partial charge on any atom is 0.329 e. The van der Waals surface area contributed by atoms with Crippen LogP contribution in [0.5, 0.6) is 0 Å². The van der Waals surface area contributed by atoms with Gasteiger partial charge in [0, 0.05) is 0 Å². The van der Waals surface area contributed by atoms with Gasteiger partial charge in [0.2, 0.25) is 5.82 Å². The Balaban J connectivity index is 3.35. The zero-order valence-electron chi connectivity index (χ0n) is 5.87. The highest BCUT2D eigenvalue weighted by Gasteiger charge is 2.01. The Morgan fingerprint density at radius 3 is 2.92 bits per heavy atom. The predicted octanol–water partition coefficient (Wildman–Crippen LogP) is -0.801. The van der Waals surface area contributed by atoms with E-state index in [4.69, 9.17) is 5.26 Å². The summed E-state index contributed by atoms with van der Waals surface area (Å²) in [7, 11) is 0. The van der Waals surface area contributed by atoms with Gasteiger partial charge in [0.1, 0.15) is 6.54 Å². The second kappa shape index (κ2) is 3.00. The van der Waals surface area contributed by atoms with Gasteiger partial charge in [-0.3, -0.25) is 14.3 Å². The number of nitriles is 1. The summed E-state index contributed by atoms with van der Waals surface area (Å²) in [6.45, 7) is -0.285. The largest absolute Gasteiger partial charge is 0.329 e. The third-order valence-corrected chi connectivity index (χ3v) is 1.21. The summed E-state index contributed by atoms with van der Waals surface area (Å²) in [5, 5.41) is 8.18. The summed E-state index contributed by atoms with van der Waals surface area (Å²) >= 11 is 0. The standard InChI is InChI=1S/C6H4FN3O2/c7-4-3-10(2-1-8)6(12)9-5(4)11/h3H,2H2,(H,9,11,12). The molecule has 0 aromatic carbocycles. The zero-order chi connectivity index (χ0) is 9.14. The maximum atomic E-state index is 12.5. The number of hydrogen-bond donors (Lipinski definition) is 1. The first-order valence-corrected chi connectivity index (χ1v) is 3.01. The van der Waals surface area contributed by atoms with Crippen LogP contribution in [0, 0.1) is 17.1 Å². The molecule has 0 fully saturated rings. The van der Waals surface area contributed by atoms with Gasteiger partial charge in [-0.05, 0) is 0 Å². The van der Waals surface area contributed by atoms with E-state index in [1.165, 1.54) is 0 Å². The Bertz CT molecular complexity index is 439. The summed E-state index contributed by atoms with van der Waals surface area (Å²) in [5.74, 6) is -1.08. The molecule has 0 amide bonds. The van der Waals surface area contributed by atoms with Gasteiger partial charge in [-0.25, -0.2) is 4.79 Å². The molecular weight excluding hydrogens is 165 g/mol. The number of hydrogen-bond acceptors (Lipinski definition) is 3. The fraction of sp³-hybridized carbons (Fsp3) is 0.167. The summed E-state index contributed by atoms with van der Waals surface area (Å²) in [6, 6.07) is 1.65. The lowest BCUT2D eigenvalue weighted by molar-refractivity contribution is 0.569. The van der Waals surface area contributed by atoms with Crippen LogP contribution in [0.1, 0.15) is 0 Å². The third kappa shape index (κ3) is 1.40. The lowest BCUT2D eigenvalue weighted by atomic mass is 10.6. The van der Waals surface area contributed by atoms with Crippen LogP contribution in [0.25, 0.3) is 0 Å². The average molecular weight is 169 g/mol. The topological polar surface area (TPSA) is 78.7 Å². The summed E-state index contributed by atoms with van der Waals surface area (Å²) < 4.78 is 13.2. The van der Waals surface area contributed by atoms with Crippen molar-refractivity contribution in [2.75, 3.05) is 0 Å². The van der Waals surface area contributed by atoms with Crippen molar-refractivity contribution in [3.8, 4) is 6.07 Å². The van der Waals surface area contributed by atoms with E-state index in [1.807, 2.05) is 0 Å². The van der Waals surface area contributed by atoms with Gasteiger partial charge in [0.05, 0.1) is 12.3 Å². The Morgan fingerprint density at radius 1 is 1.67 bits per heavy atom. The van der Waals surface area contributed by atoms with Gasteiger partial charge in [0.25, 0.3) is 5.56 Å². The van der Waals surface area contributed by atoms with Gasteiger partial charge >= 0.3 is 5.69 Å². The van der Waals surface area contributed by atoms with Crippen LogP contribution in [-0.4, -0.2) is 9.55 Å². The Hall–Kier alpha value is -1.90. The maximum absolute atomic E-state index is 12.5. The van der Waals surface area contributed by atoms with Gasteiger partial charge in [0.15, 0.2) is 0 Å². The van der Waals surface area contributed by atoms with Gasteiger partial charge < -0.3 is 0 Å². The minimum Gasteiger partial charge on any atom is -0.284 e. The van der Waals surface area contributed by atoms with Crippen LogP contribution in [0.15, 0.2) is 15.8 Å². The molecule has 0 spiro atoms. The number of nitrogens with zero attached hydrogens (tertiary/aromatic N) is 2. The van der Waals surface area contributed by atoms with Crippen molar-refractivity contribution >= 4 is 0 Å². The molecule has 0 saturated heterocycles. The molecule has 0 bridgehead atoms. The molecule has 6 heteroatoms. The van der Waals surface area contributed by atoms with Crippen molar-refractivity contribution in [2.45, 2.75) is 6.54 Å². The van der Waals surface area contributed by atoms with Gasteiger partial charge in [-0.15, -0.1) is 0 Å². The van der Waals surface area contributed by atoms with E-state index in [1.54, 1.807) is 11.1 Å². The molecule has 0 aliphatic rings. The van der Waals surface area contributed by atoms with Crippen LogP contribution in [0.4, 0.5) is 4.39 Å². The van der Waals surface area contributed by atoms with Crippen molar-refractivity contribution in [3.63, 3.8) is 0 Å². The fourth-order valence-corrected chi connectivity index (χ4v) is 0.676. The predicted molar refractivity (Wildman–Crippen MR) is 36.9 cm³/mol. The molecule has 5 nitrogen and oxygen atoms in total. The molecule has 1 heterocycles. The Kier molecular flexibility index (Phi) is 2.05. The molecule has 0 atom stereocenters. The van der Waals surface area contributed by atoms with Gasteiger partial charge in [-0.1, -0.05) is 0 Å². The quantitative estimate of drug-likeness (QED) is 0.597. The first kappa shape index (κ1) is 8.20. The lowest BCUT2D eigenvalue weighted by Gasteiger charge is -1.96. The van der Waals surface area contributed by atoms with E-state index in [0.29, 0.717) is 6.20 Å². The van der Waals surface area contributed by atoms with Crippen LogP contribution in [-0.2, 0) is 6.54 Å².